The minimum absolute atomic E-state index is 0.00376. The molecule has 126 valence electrons. The van der Waals surface area contributed by atoms with E-state index in [0.29, 0.717) is 11.1 Å². The summed E-state index contributed by atoms with van der Waals surface area (Å²) in [6.07, 6.45) is 0.287. The molecule has 1 heterocycles. The molecule has 0 fully saturated rings. The van der Waals surface area contributed by atoms with Gasteiger partial charge >= 0.3 is 0 Å². The highest BCUT2D eigenvalue weighted by Crippen LogP contribution is 2.31. The number of amides is 1. The summed E-state index contributed by atoms with van der Waals surface area (Å²) >= 11 is 0. The Morgan fingerprint density at radius 2 is 1.76 bits per heavy atom. The van der Waals surface area contributed by atoms with Gasteiger partial charge in [-0.05, 0) is 35.2 Å². The van der Waals surface area contributed by atoms with Gasteiger partial charge in [0.1, 0.15) is 0 Å². The van der Waals surface area contributed by atoms with Crippen molar-refractivity contribution in [3.8, 4) is 0 Å². The summed E-state index contributed by atoms with van der Waals surface area (Å²) in [6.45, 7) is 0. The van der Waals surface area contributed by atoms with E-state index in [9.17, 15) is 13.2 Å². The molecule has 0 bridgehead atoms. The molecule has 0 radical (unpaired) electrons. The Kier molecular flexibility index (Phi) is 3.51. The van der Waals surface area contributed by atoms with Gasteiger partial charge in [-0.2, -0.15) is 0 Å². The number of sulfonamides is 1. The molecule has 0 spiro atoms. The zero-order valence-electron chi connectivity index (χ0n) is 13.6. The number of carbonyl (C=O) groups excluding carboxylic acids is 1. The molecule has 5 nitrogen and oxygen atoms in total. The number of nitrogens with zero attached hydrogens (tertiary/aromatic N) is 1. The Labute approximate surface area is 145 Å². The molecule has 1 N–H and O–H groups in total. The molecule has 0 aliphatic carbocycles. The van der Waals surface area contributed by atoms with Crippen LogP contribution in [0.2, 0.25) is 0 Å². The van der Waals surface area contributed by atoms with Crippen LogP contribution in [0.1, 0.15) is 5.56 Å². The van der Waals surface area contributed by atoms with Crippen molar-refractivity contribution in [2.24, 2.45) is 0 Å². The minimum Gasteiger partial charge on any atom is -0.315 e. The van der Waals surface area contributed by atoms with E-state index in [1.165, 1.54) is 0 Å². The highest BCUT2D eigenvalue weighted by Gasteiger charge is 2.25. The average molecular weight is 352 g/mol. The van der Waals surface area contributed by atoms with Crippen LogP contribution in [-0.2, 0) is 21.2 Å². The maximum atomic E-state index is 12.9. The maximum absolute atomic E-state index is 12.9. The zero-order chi connectivity index (χ0) is 17.6. The number of hydrogen-bond donors (Lipinski definition) is 1. The number of nitrogens with one attached hydrogen (secondary N) is 1. The molecule has 6 heteroatoms. The lowest BCUT2D eigenvalue weighted by molar-refractivity contribution is -0.117. The third kappa shape index (κ3) is 2.64. The quantitative estimate of drug-likeness (QED) is 0.787. The molecule has 0 atom stereocenters. The average Bonchev–Trinajstić information content (AvgIpc) is 2.88. The zero-order valence-corrected chi connectivity index (χ0v) is 14.4. The Bertz CT molecular complexity index is 1100. The van der Waals surface area contributed by atoms with E-state index in [4.69, 9.17) is 0 Å². The first-order valence-electron chi connectivity index (χ1n) is 7.86. The molecule has 1 aliphatic rings. The van der Waals surface area contributed by atoms with E-state index in [0.717, 1.165) is 16.6 Å². The minimum atomic E-state index is -3.73. The van der Waals surface area contributed by atoms with Crippen molar-refractivity contribution in [1.29, 1.82) is 0 Å². The molecule has 0 saturated carbocycles. The SMILES string of the molecule is CN1C(=O)Cc2cc(NS(=O)(=O)c3cccc4ccccc34)ccc21. The molecule has 3 aromatic carbocycles. The fraction of sp³-hybridized carbons (Fsp3) is 0.105. The number of anilines is 2. The Morgan fingerprint density at radius 3 is 2.60 bits per heavy atom. The molecule has 4 rings (SSSR count). The van der Waals surface area contributed by atoms with Crippen molar-refractivity contribution in [3.63, 3.8) is 0 Å². The summed E-state index contributed by atoms with van der Waals surface area (Å²) in [6, 6.07) is 17.7. The lowest BCUT2D eigenvalue weighted by Crippen LogP contribution is -2.20. The number of benzene rings is 3. The predicted octanol–water partition coefficient (Wildman–Crippen LogP) is 3.16. The summed E-state index contributed by atoms with van der Waals surface area (Å²) in [4.78, 5) is 13.6. The number of hydrogen-bond acceptors (Lipinski definition) is 3. The van der Waals surface area contributed by atoms with E-state index in [1.54, 1.807) is 48.3 Å². The molecule has 0 saturated heterocycles. The third-order valence-corrected chi connectivity index (χ3v) is 5.89. The number of fused-ring (bicyclic) bond motifs is 2. The van der Waals surface area contributed by atoms with Crippen molar-refractivity contribution >= 4 is 38.1 Å². The van der Waals surface area contributed by atoms with Gasteiger partial charge in [-0.25, -0.2) is 8.42 Å². The van der Waals surface area contributed by atoms with Crippen LogP contribution in [0.3, 0.4) is 0 Å². The Morgan fingerprint density at radius 1 is 1.00 bits per heavy atom. The third-order valence-electron chi connectivity index (χ3n) is 4.45. The van der Waals surface area contributed by atoms with E-state index < -0.39 is 10.0 Å². The van der Waals surface area contributed by atoms with Gasteiger partial charge in [0, 0.05) is 23.8 Å². The van der Waals surface area contributed by atoms with Crippen LogP contribution < -0.4 is 9.62 Å². The molecule has 1 amide bonds. The van der Waals surface area contributed by atoms with E-state index in [-0.39, 0.29) is 17.2 Å². The first-order valence-corrected chi connectivity index (χ1v) is 9.34. The first kappa shape index (κ1) is 15.7. The monoisotopic (exact) mass is 352 g/mol. The highest BCUT2D eigenvalue weighted by molar-refractivity contribution is 7.93. The molecule has 0 aromatic heterocycles. The van der Waals surface area contributed by atoms with Gasteiger partial charge in [-0.1, -0.05) is 36.4 Å². The summed E-state index contributed by atoms with van der Waals surface area (Å²) in [5, 5.41) is 1.54. The fourth-order valence-electron chi connectivity index (χ4n) is 3.17. The second-order valence-corrected chi connectivity index (χ2v) is 7.71. The normalized spacial score (nSPS) is 14.0. The van der Waals surface area contributed by atoms with Gasteiger partial charge in [0.15, 0.2) is 0 Å². The number of likely N-dealkylation sites (N-methyl/N-ethyl adjacent to an activating group) is 1. The summed E-state index contributed by atoms with van der Waals surface area (Å²) in [7, 11) is -2.02. The molecule has 3 aromatic rings. The van der Waals surface area contributed by atoms with Crippen LogP contribution in [0.4, 0.5) is 11.4 Å². The van der Waals surface area contributed by atoms with Crippen LogP contribution in [0.5, 0.6) is 0 Å². The van der Waals surface area contributed by atoms with E-state index in [2.05, 4.69) is 4.72 Å². The fourth-order valence-corrected chi connectivity index (χ4v) is 4.45. The maximum Gasteiger partial charge on any atom is 0.262 e. The van der Waals surface area contributed by atoms with E-state index >= 15 is 0 Å². The largest absolute Gasteiger partial charge is 0.315 e. The van der Waals surface area contributed by atoms with Gasteiger partial charge in [0.2, 0.25) is 5.91 Å². The Hall–Kier alpha value is -2.86. The lowest BCUT2D eigenvalue weighted by Gasteiger charge is -2.13. The second-order valence-electron chi connectivity index (χ2n) is 6.06. The second kappa shape index (κ2) is 5.60. The van der Waals surface area contributed by atoms with Crippen LogP contribution in [0.15, 0.2) is 65.6 Å². The Balaban J connectivity index is 1.73. The van der Waals surface area contributed by atoms with Crippen LogP contribution in [0.25, 0.3) is 10.8 Å². The van der Waals surface area contributed by atoms with Crippen LogP contribution in [-0.4, -0.2) is 21.4 Å². The smallest absolute Gasteiger partial charge is 0.262 e. The van der Waals surface area contributed by atoms with E-state index in [1.807, 2.05) is 24.3 Å². The highest BCUT2D eigenvalue weighted by atomic mass is 32.2. The lowest BCUT2D eigenvalue weighted by atomic mass is 10.1. The summed E-state index contributed by atoms with van der Waals surface area (Å²) in [5.74, 6) is 0.00376. The number of rotatable bonds is 3. The van der Waals surface area contributed by atoms with Gasteiger partial charge in [0.25, 0.3) is 10.0 Å². The van der Waals surface area contributed by atoms with Crippen molar-refractivity contribution < 1.29 is 13.2 Å². The first-order chi connectivity index (χ1) is 12.0. The predicted molar refractivity (Wildman–Crippen MR) is 98.3 cm³/mol. The molecule has 0 unspecified atom stereocenters. The topological polar surface area (TPSA) is 66.5 Å². The molecular weight excluding hydrogens is 336 g/mol. The standard InChI is InChI=1S/C19H16N2O3S/c1-21-17-10-9-15(11-14(17)12-19(21)22)20-25(23,24)18-8-4-6-13-5-2-3-7-16(13)18/h2-11,20H,12H2,1H3. The molecule has 1 aliphatic heterocycles. The van der Waals surface area contributed by atoms with Gasteiger partial charge in [-0.15, -0.1) is 0 Å². The van der Waals surface area contributed by atoms with Crippen LogP contribution >= 0.6 is 0 Å². The van der Waals surface area contributed by atoms with Crippen LogP contribution in [0, 0.1) is 0 Å². The van der Waals surface area contributed by atoms with Gasteiger partial charge in [-0.3, -0.25) is 9.52 Å². The molecule has 25 heavy (non-hydrogen) atoms. The summed E-state index contributed by atoms with van der Waals surface area (Å²) < 4.78 is 28.3. The summed E-state index contributed by atoms with van der Waals surface area (Å²) in [5.41, 5.74) is 2.10. The van der Waals surface area contributed by atoms with Gasteiger partial charge < -0.3 is 4.90 Å². The molecular formula is C19H16N2O3S. The number of carbonyl (C=O) groups is 1. The van der Waals surface area contributed by atoms with Crippen molar-refractivity contribution in [3.05, 3.63) is 66.2 Å². The van der Waals surface area contributed by atoms with Crippen molar-refractivity contribution in [2.75, 3.05) is 16.7 Å². The van der Waals surface area contributed by atoms with Gasteiger partial charge in [0.05, 0.1) is 11.3 Å². The van der Waals surface area contributed by atoms with Crippen molar-refractivity contribution in [2.45, 2.75) is 11.3 Å². The van der Waals surface area contributed by atoms with Crippen molar-refractivity contribution in [1.82, 2.24) is 0 Å².